The maximum atomic E-state index is 5.29. The van der Waals surface area contributed by atoms with E-state index in [4.69, 9.17) is 4.98 Å². The fourth-order valence-electron chi connectivity index (χ4n) is 5.97. The predicted molar refractivity (Wildman–Crippen MR) is 130 cm³/mol. The molecule has 0 atom stereocenters. The van der Waals surface area contributed by atoms with E-state index in [-0.39, 0.29) is 0 Å². The highest BCUT2D eigenvalue weighted by atomic mass is 15.2. The third-order valence-electron chi connectivity index (χ3n) is 7.58. The van der Waals surface area contributed by atoms with Crippen LogP contribution >= 0.6 is 0 Å². The van der Waals surface area contributed by atoms with Crippen LogP contribution in [0.3, 0.4) is 0 Å². The van der Waals surface area contributed by atoms with Crippen molar-refractivity contribution >= 4 is 5.82 Å². The first kappa shape index (κ1) is 19.9. The molecule has 0 bridgehead atoms. The Morgan fingerprint density at radius 2 is 1.81 bits per heavy atom. The van der Waals surface area contributed by atoms with Crippen molar-refractivity contribution in [3.05, 3.63) is 76.7 Å². The van der Waals surface area contributed by atoms with Crippen molar-refractivity contribution in [3.63, 3.8) is 0 Å². The van der Waals surface area contributed by atoms with Crippen molar-refractivity contribution in [2.45, 2.75) is 51.5 Å². The Balaban J connectivity index is 1.34. The van der Waals surface area contributed by atoms with Crippen LogP contribution in [0.1, 0.15) is 53.6 Å². The molecule has 0 radical (unpaired) electrons. The maximum Gasteiger partial charge on any atom is 0.137 e. The summed E-state index contributed by atoms with van der Waals surface area (Å²) in [6.45, 7) is 7.01. The van der Waals surface area contributed by atoms with Crippen LogP contribution in [0.25, 0.3) is 11.1 Å². The first-order chi connectivity index (χ1) is 15.7. The summed E-state index contributed by atoms with van der Waals surface area (Å²) >= 11 is 0. The molecule has 2 fully saturated rings. The van der Waals surface area contributed by atoms with Crippen LogP contribution in [0.4, 0.5) is 5.82 Å². The standard InChI is InChI=1S/C28H32N4/c1-20-6-7-26-22(15-20)17-23-18-24(16-21-5-4-10-29-19-21)30-28(27(23)26)32-13-8-25(9-14-32)31-11-2-3-12-31/h4-7,10,15,18-19,25H,2-3,8-9,11-14,16-17H2,1H3. The molecule has 164 valence electrons. The number of fused-ring (bicyclic) bond motifs is 3. The molecule has 4 heterocycles. The Labute approximate surface area is 191 Å². The SMILES string of the molecule is Cc1ccc2c(c1)Cc1cc(Cc3cccnc3)nc(N3CCC(N4CCCC4)CC3)c1-2. The summed E-state index contributed by atoms with van der Waals surface area (Å²) in [7, 11) is 0. The highest BCUT2D eigenvalue weighted by Gasteiger charge is 2.31. The summed E-state index contributed by atoms with van der Waals surface area (Å²) < 4.78 is 0. The van der Waals surface area contributed by atoms with Crippen LogP contribution in [-0.2, 0) is 12.8 Å². The van der Waals surface area contributed by atoms with Gasteiger partial charge >= 0.3 is 0 Å². The number of nitrogens with zero attached hydrogens (tertiary/aromatic N) is 4. The van der Waals surface area contributed by atoms with Gasteiger partial charge in [-0.3, -0.25) is 4.98 Å². The smallest absolute Gasteiger partial charge is 0.137 e. The summed E-state index contributed by atoms with van der Waals surface area (Å²) in [5.74, 6) is 1.21. The molecule has 3 aliphatic rings. The Morgan fingerprint density at radius 1 is 0.969 bits per heavy atom. The quantitative estimate of drug-likeness (QED) is 0.461. The minimum absolute atomic E-state index is 0.760. The molecule has 4 nitrogen and oxygen atoms in total. The van der Waals surface area contributed by atoms with E-state index in [1.165, 1.54) is 78.0 Å². The highest BCUT2D eigenvalue weighted by molar-refractivity contribution is 5.86. The Hall–Kier alpha value is -2.72. The number of piperidine rings is 1. The zero-order valence-electron chi connectivity index (χ0n) is 19.1. The van der Waals surface area contributed by atoms with E-state index in [1.54, 1.807) is 0 Å². The first-order valence-corrected chi connectivity index (χ1v) is 12.3. The van der Waals surface area contributed by atoms with E-state index in [0.29, 0.717) is 0 Å². The molecular weight excluding hydrogens is 392 g/mol. The van der Waals surface area contributed by atoms with Gasteiger partial charge in [-0.2, -0.15) is 0 Å². The maximum absolute atomic E-state index is 5.29. The molecule has 4 heteroatoms. The molecule has 0 N–H and O–H groups in total. The van der Waals surface area contributed by atoms with Gasteiger partial charge in [0.15, 0.2) is 0 Å². The van der Waals surface area contributed by atoms with Crippen LogP contribution in [0.5, 0.6) is 0 Å². The van der Waals surface area contributed by atoms with Gasteiger partial charge < -0.3 is 9.80 Å². The van der Waals surface area contributed by atoms with Crippen molar-refractivity contribution in [2.75, 3.05) is 31.1 Å². The third-order valence-corrected chi connectivity index (χ3v) is 7.58. The van der Waals surface area contributed by atoms with Gasteiger partial charge in [0.2, 0.25) is 0 Å². The van der Waals surface area contributed by atoms with Crippen LogP contribution in [0, 0.1) is 6.92 Å². The van der Waals surface area contributed by atoms with Gasteiger partial charge in [-0.25, -0.2) is 4.98 Å². The number of likely N-dealkylation sites (tertiary alicyclic amines) is 1. The number of hydrogen-bond donors (Lipinski definition) is 0. The Kier molecular flexibility index (Phi) is 5.18. The van der Waals surface area contributed by atoms with Gasteiger partial charge in [0.05, 0.1) is 0 Å². The van der Waals surface area contributed by atoms with E-state index in [0.717, 1.165) is 37.7 Å². The van der Waals surface area contributed by atoms with E-state index in [1.807, 2.05) is 18.5 Å². The minimum Gasteiger partial charge on any atom is -0.356 e. The minimum atomic E-state index is 0.760. The average molecular weight is 425 g/mol. The number of aromatic nitrogens is 2. The second kappa shape index (κ2) is 8.32. The molecule has 0 saturated carbocycles. The number of pyridine rings is 2. The zero-order valence-corrected chi connectivity index (χ0v) is 19.1. The second-order valence-electron chi connectivity index (χ2n) is 9.81. The predicted octanol–water partition coefficient (Wildman–Crippen LogP) is 5.01. The van der Waals surface area contributed by atoms with Crippen molar-refractivity contribution < 1.29 is 0 Å². The largest absolute Gasteiger partial charge is 0.356 e. The summed E-state index contributed by atoms with van der Waals surface area (Å²) in [6.07, 6.45) is 10.9. The van der Waals surface area contributed by atoms with Crippen molar-refractivity contribution in [2.24, 2.45) is 0 Å². The van der Waals surface area contributed by atoms with E-state index in [2.05, 4.69) is 52.0 Å². The van der Waals surface area contributed by atoms with Gasteiger partial charge in [-0.05, 0) is 86.5 Å². The topological polar surface area (TPSA) is 32.3 Å². The number of anilines is 1. The summed E-state index contributed by atoms with van der Waals surface area (Å²) in [5.41, 5.74) is 9.40. The molecule has 2 aromatic heterocycles. The van der Waals surface area contributed by atoms with Crippen LogP contribution in [0.2, 0.25) is 0 Å². The molecule has 2 saturated heterocycles. The second-order valence-corrected chi connectivity index (χ2v) is 9.81. The highest BCUT2D eigenvalue weighted by Crippen LogP contribution is 2.43. The van der Waals surface area contributed by atoms with Crippen LogP contribution in [-0.4, -0.2) is 47.1 Å². The molecule has 0 spiro atoms. The monoisotopic (exact) mass is 424 g/mol. The summed E-state index contributed by atoms with van der Waals surface area (Å²) in [5, 5.41) is 0. The van der Waals surface area contributed by atoms with E-state index >= 15 is 0 Å². The zero-order chi connectivity index (χ0) is 21.5. The average Bonchev–Trinajstić information content (AvgIpc) is 3.47. The lowest BCUT2D eigenvalue weighted by Crippen LogP contribution is -2.44. The number of aryl methyl sites for hydroxylation is 1. The number of hydrogen-bond acceptors (Lipinski definition) is 4. The van der Waals surface area contributed by atoms with E-state index in [9.17, 15) is 0 Å². The van der Waals surface area contributed by atoms with Crippen molar-refractivity contribution in [3.8, 4) is 11.1 Å². The van der Waals surface area contributed by atoms with Gasteiger partial charge in [0.1, 0.15) is 5.82 Å². The summed E-state index contributed by atoms with van der Waals surface area (Å²) in [6, 6.07) is 14.2. The van der Waals surface area contributed by atoms with Gasteiger partial charge in [-0.1, -0.05) is 29.8 Å². The lowest BCUT2D eigenvalue weighted by molar-refractivity contribution is 0.207. The molecule has 0 amide bonds. The van der Waals surface area contributed by atoms with Crippen LogP contribution in [0.15, 0.2) is 48.8 Å². The third kappa shape index (κ3) is 3.71. The molecule has 6 rings (SSSR count). The molecule has 1 aliphatic carbocycles. The lowest BCUT2D eigenvalue weighted by atomic mass is 10.00. The molecule has 3 aromatic rings. The number of rotatable bonds is 4. The van der Waals surface area contributed by atoms with Gasteiger partial charge in [0, 0.05) is 49.2 Å². The fourth-order valence-corrected chi connectivity index (χ4v) is 5.97. The fraction of sp³-hybridized carbons (Fsp3) is 0.429. The van der Waals surface area contributed by atoms with Crippen LogP contribution < -0.4 is 4.90 Å². The molecule has 1 aromatic carbocycles. The first-order valence-electron chi connectivity index (χ1n) is 12.3. The van der Waals surface area contributed by atoms with Gasteiger partial charge in [0.25, 0.3) is 0 Å². The normalized spacial score (nSPS) is 18.7. The molecule has 0 unspecified atom stereocenters. The van der Waals surface area contributed by atoms with Crippen molar-refractivity contribution in [1.29, 1.82) is 0 Å². The molecule has 32 heavy (non-hydrogen) atoms. The Bertz CT molecular complexity index is 1110. The van der Waals surface area contributed by atoms with Crippen molar-refractivity contribution in [1.82, 2.24) is 14.9 Å². The molecule has 2 aliphatic heterocycles. The molecular formula is C28H32N4. The Morgan fingerprint density at radius 3 is 2.59 bits per heavy atom. The number of benzene rings is 1. The van der Waals surface area contributed by atoms with Gasteiger partial charge in [-0.15, -0.1) is 0 Å². The lowest BCUT2D eigenvalue weighted by Gasteiger charge is -2.38. The summed E-state index contributed by atoms with van der Waals surface area (Å²) in [4.78, 5) is 14.9. The van der Waals surface area contributed by atoms with E-state index < -0.39 is 0 Å².